The number of halogens is 2. The Labute approximate surface area is 86.9 Å². The second kappa shape index (κ2) is 4.87. The van der Waals surface area contributed by atoms with Crippen molar-refractivity contribution in [3.63, 3.8) is 0 Å². The van der Waals surface area contributed by atoms with Crippen LogP contribution in [0.3, 0.4) is 0 Å². The van der Waals surface area contributed by atoms with Crippen LogP contribution in [-0.2, 0) is 4.79 Å². The lowest BCUT2D eigenvalue weighted by atomic mass is 9.99. The van der Waals surface area contributed by atoms with Gasteiger partial charge in [-0.3, -0.25) is 0 Å². The van der Waals surface area contributed by atoms with Gasteiger partial charge in [-0.05, 0) is 13.0 Å². The molecule has 0 saturated carbocycles. The van der Waals surface area contributed by atoms with Crippen molar-refractivity contribution in [1.82, 2.24) is 0 Å². The zero-order valence-electron chi connectivity index (χ0n) is 8.54. The van der Waals surface area contributed by atoms with Crippen LogP contribution < -0.4 is 4.74 Å². The summed E-state index contributed by atoms with van der Waals surface area (Å²) in [6.45, 7) is 0.595. The molecule has 1 rings (SSSR count). The minimum absolute atomic E-state index is 0.0650. The predicted molar refractivity (Wildman–Crippen MR) is 52.3 cm³/mol. The van der Waals surface area contributed by atoms with Gasteiger partial charge in [0.2, 0.25) is 0 Å². The third-order valence-electron chi connectivity index (χ3n) is 2.08. The highest BCUT2D eigenvalue weighted by molar-refractivity contribution is 5.64. The fraction of sp³-hybridized carbons (Fsp3) is 0.364. The van der Waals surface area contributed by atoms with Crippen molar-refractivity contribution in [3.8, 4) is 5.75 Å². The highest BCUT2D eigenvalue weighted by atomic mass is 19.3. The van der Waals surface area contributed by atoms with Crippen LogP contribution in [0.4, 0.5) is 8.78 Å². The number of rotatable bonds is 4. The second-order valence-corrected chi connectivity index (χ2v) is 3.34. The maximum absolute atomic E-state index is 12.1. The van der Waals surface area contributed by atoms with Crippen molar-refractivity contribution in [2.75, 3.05) is 0 Å². The van der Waals surface area contributed by atoms with E-state index in [0.29, 0.717) is 11.8 Å². The lowest BCUT2D eigenvalue weighted by molar-refractivity contribution is -0.108. The standard InChI is InChI=1S/C11H12F2O2/c1-7-3-4-10(15-11(12)13)9(5-7)8(2)6-14/h3-6,8,11H,1-2H3. The summed E-state index contributed by atoms with van der Waals surface area (Å²) in [5.41, 5.74) is 1.39. The molecular formula is C11H12F2O2. The Hall–Kier alpha value is -1.45. The van der Waals surface area contributed by atoms with Crippen LogP contribution in [0.2, 0.25) is 0 Å². The number of carbonyl (C=O) groups excluding carboxylic acids is 1. The van der Waals surface area contributed by atoms with Crippen LogP contribution in [0.25, 0.3) is 0 Å². The summed E-state index contributed by atoms with van der Waals surface area (Å²) < 4.78 is 28.4. The Morgan fingerprint density at radius 1 is 1.40 bits per heavy atom. The smallest absolute Gasteiger partial charge is 0.387 e. The summed E-state index contributed by atoms with van der Waals surface area (Å²) in [6, 6.07) is 4.80. The molecule has 0 radical (unpaired) electrons. The molecule has 0 fully saturated rings. The molecule has 0 heterocycles. The molecule has 1 aromatic rings. The molecule has 0 spiro atoms. The van der Waals surface area contributed by atoms with Gasteiger partial charge in [0, 0.05) is 11.5 Å². The van der Waals surface area contributed by atoms with E-state index in [9.17, 15) is 13.6 Å². The SMILES string of the molecule is Cc1ccc(OC(F)F)c(C(C)C=O)c1. The molecular weight excluding hydrogens is 202 g/mol. The molecule has 0 saturated heterocycles. The molecule has 0 aromatic heterocycles. The van der Waals surface area contributed by atoms with Crippen LogP contribution in [0.1, 0.15) is 24.0 Å². The van der Waals surface area contributed by atoms with Crippen molar-refractivity contribution in [3.05, 3.63) is 29.3 Å². The van der Waals surface area contributed by atoms with Crippen LogP contribution >= 0.6 is 0 Å². The molecule has 0 bridgehead atoms. The maximum Gasteiger partial charge on any atom is 0.387 e. The largest absolute Gasteiger partial charge is 0.435 e. The van der Waals surface area contributed by atoms with Crippen molar-refractivity contribution < 1.29 is 18.3 Å². The van der Waals surface area contributed by atoms with Gasteiger partial charge in [0.1, 0.15) is 12.0 Å². The van der Waals surface area contributed by atoms with Gasteiger partial charge in [0.25, 0.3) is 0 Å². The quantitative estimate of drug-likeness (QED) is 0.720. The van der Waals surface area contributed by atoms with Crippen molar-refractivity contribution in [2.45, 2.75) is 26.4 Å². The Balaban J connectivity index is 3.08. The number of hydrogen-bond donors (Lipinski definition) is 0. The summed E-state index contributed by atoms with van der Waals surface area (Å²) in [6.07, 6.45) is 0.701. The van der Waals surface area contributed by atoms with Crippen molar-refractivity contribution in [1.29, 1.82) is 0 Å². The molecule has 0 aliphatic carbocycles. The van der Waals surface area contributed by atoms with Crippen molar-refractivity contribution >= 4 is 6.29 Å². The molecule has 0 aliphatic heterocycles. The number of aryl methyl sites for hydroxylation is 1. The molecule has 0 N–H and O–H groups in total. The third kappa shape index (κ3) is 3.01. The van der Waals surface area contributed by atoms with Crippen molar-refractivity contribution in [2.24, 2.45) is 0 Å². The second-order valence-electron chi connectivity index (χ2n) is 3.34. The number of aldehydes is 1. The zero-order chi connectivity index (χ0) is 11.4. The normalized spacial score (nSPS) is 12.6. The molecule has 1 atom stereocenters. The lowest BCUT2D eigenvalue weighted by Gasteiger charge is -2.13. The van der Waals surface area contributed by atoms with E-state index in [1.54, 1.807) is 19.1 Å². The molecule has 4 heteroatoms. The fourth-order valence-corrected chi connectivity index (χ4v) is 1.30. The van der Waals surface area contributed by atoms with E-state index in [0.717, 1.165) is 5.56 Å². The van der Waals surface area contributed by atoms with Gasteiger partial charge in [0.05, 0.1) is 0 Å². The summed E-state index contributed by atoms with van der Waals surface area (Å²) in [5.74, 6) is -0.381. The van der Waals surface area contributed by atoms with E-state index in [1.165, 1.54) is 6.07 Å². The molecule has 1 unspecified atom stereocenters. The first-order chi connectivity index (χ1) is 7.04. The Kier molecular flexibility index (Phi) is 3.77. The number of ether oxygens (including phenoxy) is 1. The zero-order valence-corrected chi connectivity index (χ0v) is 8.54. The maximum atomic E-state index is 12.1. The molecule has 2 nitrogen and oxygen atoms in total. The van der Waals surface area contributed by atoms with Crippen LogP contribution in [0, 0.1) is 6.92 Å². The van der Waals surface area contributed by atoms with Crippen LogP contribution in [0.5, 0.6) is 5.75 Å². The van der Waals surface area contributed by atoms with Gasteiger partial charge in [0.15, 0.2) is 0 Å². The van der Waals surface area contributed by atoms with Gasteiger partial charge in [-0.1, -0.05) is 24.6 Å². The predicted octanol–water partition coefficient (Wildman–Crippen LogP) is 2.90. The van der Waals surface area contributed by atoms with E-state index < -0.39 is 12.5 Å². The summed E-state index contributed by atoms with van der Waals surface area (Å²) in [7, 11) is 0. The number of benzene rings is 1. The Bertz CT molecular complexity index is 350. The molecule has 82 valence electrons. The van der Waals surface area contributed by atoms with E-state index in [1.807, 2.05) is 6.92 Å². The molecule has 0 amide bonds. The van der Waals surface area contributed by atoms with Crippen LogP contribution in [-0.4, -0.2) is 12.9 Å². The fourth-order valence-electron chi connectivity index (χ4n) is 1.30. The first kappa shape index (κ1) is 11.6. The minimum atomic E-state index is -2.87. The van der Waals surface area contributed by atoms with Gasteiger partial charge in [-0.25, -0.2) is 0 Å². The average molecular weight is 214 g/mol. The third-order valence-corrected chi connectivity index (χ3v) is 2.08. The van der Waals surface area contributed by atoms with Gasteiger partial charge in [-0.15, -0.1) is 0 Å². The lowest BCUT2D eigenvalue weighted by Crippen LogP contribution is -2.06. The Morgan fingerprint density at radius 3 is 2.60 bits per heavy atom. The number of carbonyl (C=O) groups is 1. The van der Waals surface area contributed by atoms with Gasteiger partial charge in [-0.2, -0.15) is 8.78 Å². The van der Waals surface area contributed by atoms with E-state index in [4.69, 9.17) is 0 Å². The van der Waals surface area contributed by atoms with Gasteiger partial charge >= 0.3 is 6.61 Å². The average Bonchev–Trinajstić information content (AvgIpc) is 2.19. The molecule has 0 aliphatic rings. The summed E-state index contributed by atoms with van der Waals surface area (Å²) in [5, 5.41) is 0. The highest BCUT2D eigenvalue weighted by Crippen LogP contribution is 2.27. The van der Waals surface area contributed by atoms with E-state index in [2.05, 4.69) is 4.74 Å². The number of hydrogen-bond acceptors (Lipinski definition) is 2. The van der Waals surface area contributed by atoms with Crippen LogP contribution in [0.15, 0.2) is 18.2 Å². The first-order valence-electron chi connectivity index (χ1n) is 4.55. The van der Waals surface area contributed by atoms with E-state index >= 15 is 0 Å². The van der Waals surface area contributed by atoms with E-state index in [-0.39, 0.29) is 5.75 Å². The topological polar surface area (TPSA) is 26.3 Å². The number of alkyl halides is 2. The monoisotopic (exact) mass is 214 g/mol. The molecule has 1 aromatic carbocycles. The minimum Gasteiger partial charge on any atom is -0.435 e. The van der Waals surface area contributed by atoms with Gasteiger partial charge < -0.3 is 9.53 Å². The first-order valence-corrected chi connectivity index (χ1v) is 4.55. The summed E-state index contributed by atoms with van der Waals surface area (Å²) >= 11 is 0. The highest BCUT2D eigenvalue weighted by Gasteiger charge is 2.14. The Morgan fingerprint density at radius 2 is 2.07 bits per heavy atom. The molecule has 15 heavy (non-hydrogen) atoms. The summed E-state index contributed by atoms with van der Waals surface area (Å²) in [4.78, 5) is 10.6.